The molecule has 3 N–H and O–H groups in total. The minimum atomic E-state index is -0.387. The quantitative estimate of drug-likeness (QED) is 0.420. The number of nitrogens with zero attached hydrogens (tertiary/aromatic N) is 1. The summed E-state index contributed by atoms with van der Waals surface area (Å²) < 4.78 is 5.30. The molecular formula is C10H11N3O2. The molecule has 0 unspecified atom stereocenters. The zero-order valence-electron chi connectivity index (χ0n) is 8.23. The molecule has 15 heavy (non-hydrogen) atoms. The van der Waals surface area contributed by atoms with Crippen molar-refractivity contribution in [2.24, 2.45) is 5.84 Å². The van der Waals surface area contributed by atoms with Crippen LogP contribution in [0.5, 0.6) is 0 Å². The molecule has 0 fully saturated rings. The van der Waals surface area contributed by atoms with E-state index >= 15 is 0 Å². The van der Waals surface area contributed by atoms with Crippen LogP contribution in [0, 0.1) is 0 Å². The Labute approximate surface area is 86.4 Å². The van der Waals surface area contributed by atoms with Crippen LogP contribution >= 0.6 is 0 Å². The number of fused-ring (bicyclic) bond motifs is 1. The number of carbonyl (C=O) groups excluding carboxylic acids is 1. The maximum atomic E-state index is 11.3. The second-order valence-electron chi connectivity index (χ2n) is 3.13. The molecule has 0 aliphatic carbocycles. The number of nitrogens with two attached hydrogens (primary N) is 1. The maximum absolute atomic E-state index is 11.3. The Hall–Kier alpha value is -2.01. The first-order valence-electron chi connectivity index (χ1n) is 4.44. The van der Waals surface area contributed by atoms with Crippen LogP contribution in [-0.4, -0.2) is 13.1 Å². The van der Waals surface area contributed by atoms with E-state index in [1.54, 1.807) is 7.05 Å². The fourth-order valence-corrected chi connectivity index (χ4v) is 1.43. The van der Waals surface area contributed by atoms with Crippen molar-refractivity contribution in [2.75, 3.05) is 11.9 Å². The average molecular weight is 205 g/mol. The maximum Gasteiger partial charge on any atom is 0.335 e. The zero-order valence-corrected chi connectivity index (χ0v) is 8.23. The third-order valence-electron chi connectivity index (χ3n) is 2.25. The van der Waals surface area contributed by atoms with Crippen molar-refractivity contribution in [1.29, 1.82) is 0 Å². The van der Waals surface area contributed by atoms with Gasteiger partial charge in [-0.15, -0.1) is 0 Å². The van der Waals surface area contributed by atoms with Crippen LogP contribution < -0.4 is 16.2 Å². The predicted molar refractivity (Wildman–Crippen MR) is 57.3 cm³/mol. The number of nitrogens with one attached hydrogen (secondary N) is 1. The Morgan fingerprint density at radius 3 is 2.93 bits per heavy atom. The van der Waals surface area contributed by atoms with Crippen molar-refractivity contribution in [1.82, 2.24) is 5.43 Å². The lowest BCUT2D eigenvalue weighted by atomic mass is 10.2. The molecule has 1 aromatic heterocycles. The van der Waals surface area contributed by atoms with Gasteiger partial charge >= 0.3 is 6.03 Å². The van der Waals surface area contributed by atoms with Gasteiger partial charge in [-0.25, -0.2) is 10.6 Å². The molecule has 0 bridgehead atoms. The van der Waals surface area contributed by atoms with E-state index < -0.39 is 0 Å². The molecule has 0 aliphatic heterocycles. The standard InChI is InChI=1S/C10H11N3O2/c1-13(10(14)12-11)8-6-15-9-5-3-2-4-7(8)9/h2-6H,11H2,1H3,(H,12,14). The van der Waals surface area contributed by atoms with Gasteiger partial charge in [0.1, 0.15) is 11.8 Å². The number of hydrazine groups is 1. The van der Waals surface area contributed by atoms with Gasteiger partial charge in [-0.05, 0) is 12.1 Å². The zero-order chi connectivity index (χ0) is 10.8. The SMILES string of the molecule is CN(C(=O)NN)c1coc2ccccc12. The summed E-state index contributed by atoms with van der Waals surface area (Å²) in [5.41, 5.74) is 3.49. The third-order valence-corrected chi connectivity index (χ3v) is 2.25. The fraction of sp³-hybridized carbons (Fsp3) is 0.100. The molecule has 2 aromatic rings. The van der Waals surface area contributed by atoms with Gasteiger partial charge in [0.2, 0.25) is 0 Å². The first-order valence-corrected chi connectivity index (χ1v) is 4.44. The van der Waals surface area contributed by atoms with E-state index in [0.29, 0.717) is 5.69 Å². The molecular weight excluding hydrogens is 194 g/mol. The predicted octanol–water partition coefficient (Wildman–Crippen LogP) is 1.45. The number of para-hydroxylation sites is 1. The van der Waals surface area contributed by atoms with Gasteiger partial charge in [-0.3, -0.25) is 10.3 Å². The minimum absolute atomic E-state index is 0.387. The molecule has 2 rings (SSSR count). The van der Waals surface area contributed by atoms with Crippen LogP contribution in [0.4, 0.5) is 10.5 Å². The number of hydrogen-bond acceptors (Lipinski definition) is 3. The van der Waals surface area contributed by atoms with Crippen LogP contribution in [0.3, 0.4) is 0 Å². The van der Waals surface area contributed by atoms with Gasteiger partial charge in [0.05, 0.1) is 5.69 Å². The highest BCUT2D eigenvalue weighted by Crippen LogP contribution is 2.27. The second kappa shape index (κ2) is 3.62. The van der Waals surface area contributed by atoms with E-state index in [1.807, 2.05) is 24.3 Å². The highest BCUT2D eigenvalue weighted by atomic mass is 16.3. The smallest absolute Gasteiger partial charge is 0.335 e. The number of rotatable bonds is 1. The van der Waals surface area contributed by atoms with E-state index in [1.165, 1.54) is 11.2 Å². The molecule has 0 spiro atoms. The van der Waals surface area contributed by atoms with E-state index in [4.69, 9.17) is 10.3 Å². The summed E-state index contributed by atoms with van der Waals surface area (Å²) in [4.78, 5) is 12.7. The Bertz CT molecular complexity index is 492. The number of benzene rings is 1. The monoisotopic (exact) mass is 205 g/mol. The van der Waals surface area contributed by atoms with Gasteiger partial charge in [0.15, 0.2) is 0 Å². The average Bonchev–Trinajstić information content (AvgIpc) is 2.70. The van der Waals surface area contributed by atoms with Gasteiger partial charge < -0.3 is 4.42 Å². The van der Waals surface area contributed by atoms with Crippen LogP contribution in [0.15, 0.2) is 34.9 Å². The second-order valence-corrected chi connectivity index (χ2v) is 3.13. The van der Waals surface area contributed by atoms with Gasteiger partial charge in [0.25, 0.3) is 0 Å². The lowest BCUT2D eigenvalue weighted by molar-refractivity contribution is 0.247. The summed E-state index contributed by atoms with van der Waals surface area (Å²) in [6, 6.07) is 7.09. The molecule has 0 saturated carbocycles. The van der Waals surface area contributed by atoms with E-state index in [0.717, 1.165) is 11.0 Å². The molecule has 5 nitrogen and oxygen atoms in total. The Balaban J connectivity index is 2.48. The number of hydrogen-bond donors (Lipinski definition) is 2. The topological polar surface area (TPSA) is 71.5 Å². The van der Waals surface area contributed by atoms with E-state index in [2.05, 4.69) is 5.43 Å². The number of anilines is 1. The van der Waals surface area contributed by atoms with Gasteiger partial charge in [-0.2, -0.15) is 0 Å². The summed E-state index contributed by atoms with van der Waals surface area (Å²) in [6.45, 7) is 0. The molecule has 5 heteroatoms. The number of urea groups is 1. The third kappa shape index (κ3) is 1.53. The molecule has 1 aromatic carbocycles. The van der Waals surface area contributed by atoms with Gasteiger partial charge in [0, 0.05) is 12.4 Å². The van der Waals surface area contributed by atoms with Crippen molar-refractivity contribution < 1.29 is 9.21 Å². The van der Waals surface area contributed by atoms with Crippen molar-refractivity contribution in [3.05, 3.63) is 30.5 Å². The largest absolute Gasteiger partial charge is 0.462 e. The molecule has 0 atom stereocenters. The molecule has 1 heterocycles. The van der Waals surface area contributed by atoms with Crippen molar-refractivity contribution >= 4 is 22.7 Å². The lowest BCUT2D eigenvalue weighted by Gasteiger charge is -2.13. The summed E-state index contributed by atoms with van der Waals surface area (Å²) in [5.74, 6) is 5.05. The molecule has 78 valence electrons. The van der Waals surface area contributed by atoms with Crippen LogP contribution in [-0.2, 0) is 0 Å². The molecule has 2 amide bonds. The lowest BCUT2D eigenvalue weighted by Crippen LogP contribution is -2.41. The van der Waals surface area contributed by atoms with Crippen LogP contribution in [0.1, 0.15) is 0 Å². The Kier molecular flexibility index (Phi) is 2.31. The Morgan fingerprint density at radius 1 is 1.47 bits per heavy atom. The van der Waals surface area contributed by atoms with Crippen LogP contribution in [0.2, 0.25) is 0 Å². The highest BCUT2D eigenvalue weighted by molar-refractivity contribution is 6.01. The first-order chi connectivity index (χ1) is 7.24. The van der Waals surface area contributed by atoms with Crippen molar-refractivity contribution in [3.63, 3.8) is 0 Å². The number of furan rings is 1. The van der Waals surface area contributed by atoms with Crippen molar-refractivity contribution in [2.45, 2.75) is 0 Å². The normalized spacial score (nSPS) is 10.3. The van der Waals surface area contributed by atoms with E-state index in [9.17, 15) is 4.79 Å². The number of amides is 2. The summed E-state index contributed by atoms with van der Waals surface area (Å²) in [7, 11) is 1.62. The summed E-state index contributed by atoms with van der Waals surface area (Å²) >= 11 is 0. The Morgan fingerprint density at radius 2 is 2.20 bits per heavy atom. The molecule has 0 radical (unpaired) electrons. The fourth-order valence-electron chi connectivity index (χ4n) is 1.43. The number of carbonyl (C=O) groups is 1. The van der Waals surface area contributed by atoms with Gasteiger partial charge in [-0.1, -0.05) is 12.1 Å². The van der Waals surface area contributed by atoms with Crippen molar-refractivity contribution in [3.8, 4) is 0 Å². The molecule has 0 saturated heterocycles. The summed E-state index contributed by atoms with van der Waals surface area (Å²) in [5, 5.41) is 0.878. The first kappa shape index (κ1) is 9.54. The van der Waals surface area contributed by atoms with E-state index in [-0.39, 0.29) is 6.03 Å². The highest BCUT2D eigenvalue weighted by Gasteiger charge is 2.14. The molecule has 0 aliphatic rings. The van der Waals surface area contributed by atoms with Crippen LogP contribution in [0.25, 0.3) is 11.0 Å². The summed E-state index contributed by atoms with van der Waals surface area (Å²) in [6.07, 6.45) is 1.53. The minimum Gasteiger partial charge on any atom is -0.462 e.